The lowest BCUT2D eigenvalue weighted by atomic mass is 10.2. The Kier molecular flexibility index (Phi) is 6.71. The summed E-state index contributed by atoms with van der Waals surface area (Å²) in [6, 6.07) is 2.45. The van der Waals surface area contributed by atoms with Crippen molar-refractivity contribution in [2.24, 2.45) is 4.99 Å². The van der Waals surface area contributed by atoms with Crippen LogP contribution in [-0.2, 0) is 11.2 Å². The highest BCUT2D eigenvalue weighted by Crippen LogP contribution is 2.10. The fourth-order valence-electron chi connectivity index (χ4n) is 2.57. The molecule has 1 saturated heterocycles. The number of likely N-dealkylation sites (tertiary alicyclic amines) is 1. The topological polar surface area (TPSA) is 56.7 Å². The lowest BCUT2D eigenvalue weighted by Gasteiger charge is -2.18. The molecule has 1 unspecified atom stereocenters. The smallest absolute Gasteiger partial charge is 0.222 e. The van der Waals surface area contributed by atoms with Gasteiger partial charge in [-0.15, -0.1) is 0 Å². The molecule has 2 rings (SSSR count). The summed E-state index contributed by atoms with van der Waals surface area (Å²) in [5.41, 5.74) is 1.34. The largest absolute Gasteiger partial charge is 0.357 e. The number of nitrogens with zero attached hydrogens (tertiary/aromatic N) is 2. The Balaban J connectivity index is 1.82. The van der Waals surface area contributed by atoms with Gasteiger partial charge < -0.3 is 15.5 Å². The molecule has 1 aliphatic rings. The summed E-state index contributed by atoms with van der Waals surface area (Å²) < 4.78 is 0. The molecule has 0 bridgehead atoms. The minimum absolute atomic E-state index is 0.240. The highest BCUT2D eigenvalue weighted by atomic mass is 32.1. The molecule has 5 nitrogen and oxygen atoms in total. The molecule has 1 fully saturated rings. The maximum Gasteiger partial charge on any atom is 0.222 e. The Morgan fingerprint density at radius 2 is 2.36 bits per heavy atom. The van der Waals surface area contributed by atoms with E-state index in [1.54, 1.807) is 11.3 Å². The third kappa shape index (κ3) is 5.02. The molecule has 1 aromatic rings. The van der Waals surface area contributed by atoms with Crippen LogP contribution in [0.2, 0.25) is 0 Å². The summed E-state index contributed by atoms with van der Waals surface area (Å²) in [5.74, 6) is 1.09. The summed E-state index contributed by atoms with van der Waals surface area (Å²) in [4.78, 5) is 18.3. The molecule has 2 heterocycles. The molecule has 1 aromatic heterocycles. The zero-order chi connectivity index (χ0) is 15.8. The van der Waals surface area contributed by atoms with Crippen LogP contribution in [-0.4, -0.2) is 49.0 Å². The molecular formula is C16H26N4OS. The van der Waals surface area contributed by atoms with E-state index < -0.39 is 0 Å². The van der Waals surface area contributed by atoms with Crippen LogP contribution in [0, 0.1) is 0 Å². The Morgan fingerprint density at radius 1 is 1.50 bits per heavy atom. The van der Waals surface area contributed by atoms with Gasteiger partial charge in [-0.2, -0.15) is 11.3 Å². The van der Waals surface area contributed by atoms with E-state index in [0.717, 1.165) is 45.0 Å². The van der Waals surface area contributed by atoms with Crippen molar-refractivity contribution in [2.45, 2.75) is 39.2 Å². The minimum atomic E-state index is 0.240. The quantitative estimate of drug-likeness (QED) is 0.621. The van der Waals surface area contributed by atoms with Gasteiger partial charge in [0.05, 0.1) is 0 Å². The predicted molar refractivity (Wildman–Crippen MR) is 92.4 cm³/mol. The maximum absolute atomic E-state index is 11.7. The van der Waals surface area contributed by atoms with Crippen LogP contribution in [0.4, 0.5) is 0 Å². The first kappa shape index (κ1) is 16.8. The summed E-state index contributed by atoms with van der Waals surface area (Å²) in [6.45, 7) is 7.22. The number of aliphatic imine (C=N–C) groups is 1. The van der Waals surface area contributed by atoms with Gasteiger partial charge in [-0.3, -0.25) is 9.79 Å². The van der Waals surface area contributed by atoms with E-state index >= 15 is 0 Å². The molecule has 0 saturated carbocycles. The molecule has 1 aliphatic heterocycles. The van der Waals surface area contributed by atoms with Gasteiger partial charge in [0.15, 0.2) is 5.96 Å². The molecule has 0 aliphatic carbocycles. The van der Waals surface area contributed by atoms with Crippen molar-refractivity contribution in [3.05, 3.63) is 22.4 Å². The minimum Gasteiger partial charge on any atom is -0.357 e. The summed E-state index contributed by atoms with van der Waals surface area (Å²) in [7, 11) is 0. The second-order valence-corrected chi connectivity index (χ2v) is 6.25. The van der Waals surface area contributed by atoms with Crippen molar-refractivity contribution < 1.29 is 4.79 Å². The molecule has 22 heavy (non-hydrogen) atoms. The molecule has 0 spiro atoms. The van der Waals surface area contributed by atoms with Crippen LogP contribution in [0.1, 0.15) is 32.3 Å². The first-order chi connectivity index (χ1) is 10.7. The monoisotopic (exact) mass is 322 g/mol. The van der Waals surface area contributed by atoms with E-state index in [2.05, 4.69) is 39.4 Å². The number of nitrogens with one attached hydrogen (secondary N) is 2. The van der Waals surface area contributed by atoms with Gasteiger partial charge in [-0.25, -0.2) is 0 Å². The van der Waals surface area contributed by atoms with E-state index in [4.69, 9.17) is 0 Å². The third-order valence-electron chi connectivity index (χ3n) is 3.78. The lowest BCUT2D eigenvalue weighted by molar-refractivity contribution is -0.129. The lowest BCUT2D eigenvalue weighted by Crippen LogP contribution is -2.45. The van der Waals surface area contributed by atoms with Gasteiger partial charge >= 0.3 is 0 Å². The summed E-state index contributed by atoms with van der Waals surface area (Å²) >= 11 is 1.72. The van der Waals surface area contributed by atoms with E-state index in [9.17, 15) is 4.79 Å². The third-order valence-corrected chi connectivity index (χ3v) is 4.51. The zero-order valence-corrected chi connectivity index (χ0v) is 14.3. The van der Waals surface area contributed by atoms with Crippen LogP contribution < -0.4 is 10.6 Å². The first-order valence-electron chi connectivity index (χ1n) is 8.06. The number of hydrogen-bond donors (Lipinski definition) is 2. The number of thiophene rings is 1. The fourth-order valence-corrected chi connectivity index (χ4v) is 3.28. The molecular weight excluding hydrogens is 296 g/mol. The number of rotatable bonds is 6. The van der Waals surface area contributed by atoms with E-state index in [0.29, 0.717) is 12.5 Å². The Hall–Kier alpha value is -1.56. The van der Waals surface area contributed by atoms with E-state index in [-0.39, 0.29) is 5.91 Å². The molecule has 6 heteroatoms. The van der Waals surface area contributed by atoms with Gasteiger partial charge in [0.2, 0.25) is 5.91 Å². The molecule has 122 valence electrons. The van der Waals surface area contributed by atoms with E-state index in [1.165, 1.54) is 5.56 Å². The Bertz CT molecular complexity index is 486. The van der Waals surface area contributed by atoms with Crippen molar-refractivity contribution in [3.8, 4) is 0 Å². The SMILES string of the molecule is CCNC(=NCCc1ccsc1)NC1CCN(C(=O)CC)C1. The standard InChI is InChI=1S/C16H26N4OS/c1-3-15(21)20-9-6-14(11-20)19-16(17-4-2)18-8-5-13-7-10-22-12-13/h7,10,12,14H,3-6,8-9,11H2,1-2H3,(H2,17,18,19). The average molecular weight is 322 g/mol. The predicted octanol–water partition coefficient (Wildman–Crippen LogP) is 1.86. The van der Waals surface area contributed by atoms with Crippen LogP contribution >= 0.6 is 11.3 Å². The van der Waals surface area contributed by atoms with Gasteiger partial charge in [0.1, 0.15) is 0 Å². The van der Waals surface area contributed by atoms with Gasteiger partial charge in [-0.05, 0) is 42.2 Å². The summed E-state index contributed by atoms with van der Waals surface area (Å²) in [6.07, 6.45) is 2.54. The number of amides is 1. The van der Waals surface area contributed by atoms with Crippen LogP contribution in [0.5, 0.6) is 0 Å². The van der Waals surface area contributed by atoms with Crippen LogP contribution in [0.3, 0.4) is 0 Å². The van der Waals surface area contributed by atoms with Crippen molar-refractivity contribution in [1.82, 2.24) is 15.5 Å². The number of carbonyl (C=O) groups is 1. The van der Waals surface area contributed by atoms with Gasteiger partial charge in [-0.1, -0.05) is 6.92 Å². The average Bonchev–Trinajstić information content (AvgIpc) is 3.18. The second kappa shape index (κ2) is 8.78. The van der Waals surface area contributed by atoms with Crippen molar-refractivity contribution >= 4 is 23.2 Å². The fraction of sp³-hybridized carbons (Fsp3) is 0.625. The van der Waals surface area contributed by atoms with Crippen molar-refractivity contribution in [3.63, 3.8) is 0 Å². The summed E-state index contributed by atoms with van der Waals surface area (Å²) in [5, 5.41) is 11.0. The molecule has 0 radical (unpaired) electrons. The number of carbonyl (C=O) groups excluding carboxylic acids is 1. The second-order valence-electron chi connectivity index (χ2n) is 5.47. The zero-order valence-electron chi connectivity index (χ0n) is 13.5. The van der Waals surface area contributed by atoms with Gasteiger partial charge in [0.25, 0.3) is 0 Å². The highest BCUT2D eigenvalue weighted by molar-refractivity contribution is 7.07. The van der Waals surface area contributed by atoms with Gasteiger partial charge in [0, 0.05) is 38.6 Å². The van der Waals surface area contributed by atoms with Crippen LogP contribution in [0.15, 0.2) is 21.8 Å². The maximum atomic E-state index is 11.7. The van der Waals surface area contributed by atoms with Crippen LogP contribution in [0.25, 0.3) is 0 Å². The Morgan fingerprint density at radius 3 is 3.05 bits per heavy atom. The molecule has 0 aromatic carbocycles. The molecule has 1 atom stereocenters. The normalized spacial score (nSPS) is 18.5. The molecule has 1 amide bonds. The van der Waals surface area contributed by atoms with E-state index in [1.807, 2.05) is 11.8 Å². The number of guanidine groups is 1. The highest BCUT2D eigenvalue weighted by Gasteiger charge is 2.25. The first-order valence-corrected chi connectivity index (χ1v) is 9.00. The van der Waals surface area contributed by atoms with Crippen molar-refractivity contribution in [2.75, 3.05) is 26.2 Å². The Labute approximate surface area is 136 Å². The van der Waals surface area contributed by atoms with Crippen molar-refractivity contribution in [1.29, 1.82) is 0 Å². The number of hydrogen-bond acceptors (Lipinski definition) is 3. The molecule has 2 N–H and O–H groups in total.